The first-order valence-electron chi connectivity index (χ1n) is 25.9. The van der Waals surface area contributed by atoms with Crippen LogP contribution in [0.25, 0.3) is 11.3 Å². The number of unbranched alkanes of at least 4 members (excludes halogenated alkanes) is 2. The summed E-state index contributed by atoms with van der Waals surface area (Å²) in [6.45, 7) is 11.3. The molecule has 0 saturated carbocycles. The molecule has 9 N–H and O–H groups in total. The maximum Gasteiger partial charge on any atom is 0.490 e. The standard InChI is InChI=1S/C52H70F2N10O10.C2HF3O2/c1-31(2)45(60-42(67)16-12-9-13-25-64-43(68)21-22-44(64)69)49(71)58-32(3)50(72)63(40(51(73)74)19-20-41(56)66)27-24-57-48(70)38(55)23-26-62(33(4)65)46(52(5,6)7)47-59-39(36-28-35(53)17-18-37(36)54)30-61(47)29-34-14-10-8-11-15-34;3-2(4,5)1(6)7/h8,10-11,14-15,17-18,21-22,28,30-32,38,40,45-46H,9,12-13,16,19-20,23-27,29,55H2,1-7H3,(H2,56,66)(H,57,70)(H,58,71)(H,60,67)(H,73,74);(H,6,7)/t32-,38-,40-,45-,46-;/m0./s1. The maximum atomic E-state index is 15.2. The van der Waals surface area contributed by atoms with Gasteiger partial charge in [-0.25, -0.2) is 23.4 Å². The molecular formula is C54H71F5N10O12. The van der Waals surface area contributed by atoms with E-state index in [1.807, 2.05) is 51.1 Å². The van der Waals surface area contributed by atoms with Crippen molar-refractivity contribution in [1.29, 1.82) is 0 Å². The number of benzene rings is 2. The number of carboxylic acids is 2. The maximum absolute atomic E-state index is 15.2. The van der Waals surface area contributed by atoms with Crippen LogP contribution in [-0.4, -0.2) is 150 Å². The number of nitrogens with two attached hydrogens (primary N) is 2. The molecule has 4 rings (SSSR count). The minimum absolute atomic E-state index is 0.0333. The Morgan fingerprint density at radius 1 is 0.802 bits per heavy atom. The molecule has 0 unspecified atom stereocenters. The van der Waals surface area contributed by atoms with Crippen molar-refractivity contribution in [2.45, 2.75) is 136 Å². The summed E-state index contributed by atoms with van der Waals surface area (Å²) in [6.07, 6.45) is -0.567. The number of imidazole rings is 1. The fourth-order valence-corrected chi connectivity index (χ4v) is 8.57. The van der Waals surface area contributed by atoms with Gasteiger partial charge in [-0.15, -0.1) is 0 Å². The number of halogens is 5. The first-order valence-corrected chi connectivity index (χ1v) is 25.9. The average molecular weight is 1150 g/mol. The van der Waals surface area contributed by atoms with Gasteiger partial charge < -0.3 is 52.0 Å². The summed E-state index contributed by atoms with van der Waals surface area (Å²) < 4.78 is 63.1. The summed E-state index contributed by atoms with van der Waals surface area (Å²) in [6, 6.07) is 6.30. The zero-order valence-electron chi connectivity index (χ0n) is 46.1. The largest absolute Gasteiger partial charge is 0.490 e. The molecule has 27 heteroatoms. The fraction of sp³-hybridized carbons (Fsp3) is 0.500. The number of carbonyl (C=O) groups is 10. The van der Waals surface area contributed by atoms with Crippen molar-refractivity contribution in [2.24, 2.45) is 22.8 Å². The van der Waals surface area contributed by atoms with Crippen LogP contribution in [0.1, 0.15) is 111 Å². The highest BCUT2D eigenvalue weighted by molar-refractivity contribution is 6.12. The number of primary amides is 1. The van der Waals surface area contributed by atoms with Crippen LogP contribution in [0, 0.1) is 23.0 Å². The highest BCUT2D eigenvalue weighted by Gasteiger charge is 2.40. The number of carbonyl (C=O) groups excluding carboxylic acids is 8. The predicted molar refractivity (Wildman–Crippen MR) is 282 cm³/mol. The van der Waals surface area contributed by atoms with Crippen LogP contribution in [0.4, 0.5) is 22.0 Å². The summed E-state index contributed by atoms with van der Waals surface area (Å²) in [5, 5.41) is 25.2. The minimum Gasteiger partial charge on any atom is -0.480 e. The lowest BCUT2D eigenvalue weighted by molar-refractivity contribution is -0.192. The summed E-state index contributed by atoms with van der Waals surface area (Å²) in [5.41, 5.74) is 12.0. The van der Waals surface area contributed by atoms with E-state index < -0.39 is 138 Å². The Labute approximate surface area is 464 Å². The Morgan fingerprint density at radius 3 is 1.96 bits per heavy atom. The zero-order valence-corrected chi connectivity index (χ0v) is 46.1. The van der Waals surface area contributed by atoms with E-state index in [4.69, 9.17) is 26.4 Å². The zero-order chi connectivity index (χ0) is 61.1. The molecule has 0 bridgehead atoms. The quantitative estimate of drug-likeness (QED) is 0.0308. The molecule has 2 heterocycles. The Kier molecular flexibility index (Phi) is 25.3. The molecule has 0 aliphatic carbocycles. The molecular weight excluding hydrogens is 1080 g/mol. The van der Waals surface area contributed by atoms with E-state index in [-0.39, 0.29) is 50.3 Å². The van der Waals surface area contributed by atoms with Crippen LogP contribution in [0.2, 0.25) is 0 Å². The third-order valence-electron chi connectivity index (χ3n) is 12.7. The van der Waals surface area contributed by atoms with Gasteiger partial charge in [0.25, 0.3) is 11.8 Å². The van der Waals surface area contributed by atoms with Crippen molar-refractivity contribution in [3.63, 3.8) is 0 Å². The molecule has 1 aliphatic heterocycles. The van der Waals surface area contributed by atoms with Gasteiger partial charge in [0, 0.05) is 76.4 Å². The number of nitrogens with zero attached hydrogens (tertiary/aromatic N) is 5. The van der Waals surface area contributed by atoms with Gasteiger partial charge >= 0.3 is 18.1 Å². The second-order valence-corrected chi connectivity index (χ2v) is 20.6. The smallest absolute Gasteiger partial charge is 0.480 e. The highest BCUT2D eigenvalue weighted by atomic mass is 19.4. The summed E-state index contributed by atoms with van der Waals surface area (Å²) in [7, 11) is 0. The van der Waals surface area contributed by atoms with Gasteiger partial charge in [-0.05, 0) is 67.7 Å². The van der Waals surface area contributed by atoms with Crippen molar-refractivity contribution in [2.75, 3.05) is 26.2 Å². The predicted octanol–water partition coefficient (Wildman–Crippen LogP) is 3.96. The first kappa shape index (κ1) is 67.2. The molecule has 0 spiro atoms. The number of alkyl halides is 3. The number of carboxylic acid groups (broad SMARTS) is 2. The SMILES string of the molecule is CC(=O)N(CC[C@H](N)C(=O)NCCN(C(=O)[C@H](C)NC(=O)[C@@H](NC(=O)CCCCCN1C(=O)C=CC1=O)C(C)C)[C@@H](CCC(N)=O)C(=O)O)[C@@H](c1nc(-c2cc(F)ccc2F)cn1Cc1ccccc1)C(C)(C)C.O=C(O)C(F)(F)F. The minimum atomic E-state index is -5.08. The van der Waals surface area contributed by atoms with E-state index in [0.29, 0.717) is 25.1 Å². The monoisotopic (exact) mass is 1150 g/mol. The summed E-state index contributed by atoms with van der Waals surface area (Å²) >= 11 is 0. The molecule has 8 amide bonds. The van der Waals surface area contributed by atoms with Gasteiger partial charge in [-0.1, -0.05) is 71.4 Å². The Balaban J connectivity index is 0.00000230. The highest BCUT2D eigenvalue weighted by Crippen LogP contribution is 2.39. The Hall–Kier alpha value is -8.10. The molecule has 0 radical (unpaired) electrons. The number of nitrogens with one attached hydrogen (secondary N) is 3. The molecule has 5 atom stereocenters. The van der Waals surface area contributed by atoms with E-state index >= 15 is 4.39 Å². The van der Waals surface area contributed by atoms with Crippen molar-refractivity contribution < 1.29 is 80.1 Å². The number of rotatable bonds is 28. The Morgan fingerprint density at radius 2 is 1.42 bits per heavy atom. The van der Waals surface area contributed by atoms with Crippen LogP contribution in [-0.2, 0) is 54.5 Å². The van der Waals surface area contributed by atoms with Crippen LogP contribution >= 0.6 is 0 Å². The van der Waals surface area contributed by atoms with E-state index in [9.17, 15) is 65.8 Å². The van der Waals surface area contributed by atoms with Crippen molar-refractivity contribution >= 4 is 59.2 Å². The number of aliphatic carboxylic acids is 2. The second-order valence-electron chi connectivity index (χ2n) is 20.6. The lowest BCUT2D eigenvalue weighted by Gasteiger charge is -2.40. The van der Waals surface area contributed by atoms with Gasteiger partial charge in [-0.3, -0.25) is 43.3 Å². The van der Waals surface area contributed by atoms with Crippen LogP contribution in [0.5, 0.6) is 0 Å². The number of hydrogen-bond acceptors (Lipinski definition) is 12. The lowest BCUT2D eigenvalue weighted by atomic mass is 9.84. The van der Waals surface area contributed by atoms with Gasteiger partial charge in [0.1, 0.15) is 35.6 Å². The lowest BCUT2D eigenvalue weighted by Crippen LogP contribution is -2.58. The van der Waals surface area contributed by atoms with Gasteiger partial charge in [0.05, 0.1) is 17.8 Å². The summed E-state index contributed by atoms with van der Waals surface area (Å²) in [4.78, 5) is 133. The van der Waals surface area contributed by atoms with Gasteiger partial charge in [-0.2, -0.15) is 13.2 Å². The van der Waals surface area contributed by atoms with Gasteiger partial charge in [0.2, 0.25) is 35.4 Å². The van der Waals surface area contributed by atoms with E-state index in [2.05, 4.69) is 16.0 Å². The fourth-order valence-electron chi connectivity index (χ4n) is 8.57. The molecule has 1 aliphatic rings. The van der Waals surface area contributed by atoms with Crippen molar-refractivity contribution in [3.05, 3.63) is 89.9 Å². The van der Waals surface area contributed by atoms with Gasteiger partial charge in [0.15, 0.2) is 0 Å². The van der Waals surface area contributed by atoms with E-state index in [1.54, 1.807) is 24.6 Å². The molecule has 2 aromatic carbocycles. The third kappa shape index (κ3) is 20.8. The van der Waals surface area contributed by atoms with E-state index in [0.717, 1.165) is 33.6 Å². The average Bonchev–Trinajstić information content (AvgIpc) is 4.04. The normalized spacial score (nSPS) is 14.2. The second kappa shape index (κ2) is 30.5. The molecule has 3 aromatic rings. The van der Waals surface area contributed by atoms with Crippen molar-refractivity contribution in [3.8, 4) is 11.3 Å². The van der Waals surface area contributed by atoms with Crippen LogP contribution in [0.15, 0.2) is 66.9 Å². The number of imide groups is 1. The first-order chi connectivity index (χ1) is 37.7. The number of hydrogen-bond donors (Lipinski definition) is 7. The topological polar surface area (TPSA) is 327 Å². The van der Waals surface area contributed by atoms with Crippen molar-refractivity contribution in [1.82, 2.24) is 40.2 Å². The summed E-state index contributed by atoms with van der Waals surface area (Å²) in [5.74, 6) is -10.5. The molecule has 444 valence electrons. The molecule has 22 nitrogen and oxygen atoms in total. The Bertz CT molecular complexity index is 2750. The molecule has 0 saturated heterocycles. The van der Waals surface area contributed by atoms with Crippen LogP contribution in [0.3, 0.4) is 0 Å². The third-order valence-corrected chi connectivity index (χ3v) is 12.7. The van der Waals surface area contributed by atoms with Crippen LogP contribution < -0.4 is 27.4 Å². The molecule has 81 heavy (non-hydrogen) atoms. The van der Waals surface area contributed by atoms with E-state index in [1.165, 1.54) is 30.9 Å². The molecule has 1 aromatic heterocycles. The number of amides is 8. The number of aromatic nitrogens is 2. The molecule has 0 fully saturated rings.